The first-order valence-electron chi connectivity index (χ1n) is 5.50. The largest absolute Gasteiger partial charge is 0.618 e. The molecule has 5 heteroatoms. The second-order valence-electron chi connectivity index (χ2n) is 3.91. The van der Waals surface area contributed by atoms with Gasteiger partial charge in [-0.1, -0.05) is 24.3 Å². The van der Waals surface area contributed by atoms with Gasteiger partial charge in [0, 0.05) is 17.7 Å². The van der Waals surface area contributed by atoms with Gasteiger partial charge in [-0.05, 0) is 18.2 Å². The summed E-state index contributed by atoms with van der Waals surface area (Å²) in [6, 6.07) is 12.9. The summed E-state index contributed by atoms with van der Waals surface area (Å²) in [4.78, 5) is 0. The lowest BCUT2D eigenvalue weighted by atomic mass is 10.1. The highest BCUT2D eigenvalue weighted by Gasteiger charge is 2.30. The minimum absolute atomic E-state index is 0.202. The van der Waals surface area contributed by atoms with Crippen molar-refractivity contribution in [2.24, 2.45) is 0 Å². The van der Waals surface area contributed by atoms with Gasteiger partial charge in [-0.15, -0.1) is 0 Å². The van der Waals surface area contributed by atoms with E-state index >= 15 is 0 Å². The lowest BCUT2D eigenvalue weighted by Gasteiger charge is -2.07. The molecule has 2 aromatic rings. The van der Waals surface area contributed by atoms with E-state index in [1.54, 1.807) is 30.3 Å². The van der Waals surface area contributed by atoms with Crippen molar-refractivity contribution < 1.29 is 17.9 Å². The van der Waals surface area contributed by atoms with Crippen molar-refractivity contribution in [2.75, 3.05) is 0 Å². The summed E-state index contributed by atoms with van der Waals surface area (Å²) in [6.45, 7) is 0. The third-order valence-corrected chi connectivity index (χ3v) is 2.49. The third-order valence-electron chi connectivity index (χ3n) is 2.49. The fourth-order valence-electron chi connectivity index (χ4n) is 1.58. The van der Waals surface area contributed by atoms with Crippen molar-refractivity contribution in [1.82, 2.24) is 0 Å². The fourth-order valence-corrected chi connectivity index (χ4v) is 1.58. The standard InChI is InChI=1S/C14H10F3NO/c15-14(16,17)12-6-4-5-11(9-12)10-18(19)13-7-2-1-3-8-13/h1-10H/b18-10-. The molecule has 0 aliphatic rings. The number of benzene rings is 2. The zero-order valence-electron chi connectivity index (χ0n) is 9.76. The fraction of sp³-hybridized carbons (Fsp3) is 0.0714. The molecule has 0 spiro atoms. The van der Waals surface area contributed by atoms with Crippen LogP contribution in [-0.2, 0) is 6.18 Å². The van der Waals surface area contributed by atoms with Crippen molar-refractivity contribution in [3.63, 3.8) is 0 Å². The van der Waals surface area contributed by atoms with E-state index in [1.807, 2.05) is 0 Å². The Labute approximate surface area is 108 Å². The Balaban J connectivity index is 2.33. The number of para-hydroxylation sites is 1. The van der Waals surface area contributed by atoms with Crippen LogP contribution in [0.3, 0.4) is 0 Å². The monoisotopic (exact) mass is 265 g/mol. The Morgan fingerprint density at radius 1 is 0.947 bits per heavy atom. The highest BCUT2D eigenvalue weighted by Crippen LogP contribution is 2.29. The molecule has 2 aromatic carbocycles. The van der Waals surface area contributed by atoms with Crippen LogP contribution in [0, 0.1) is 5.21 Å². The number of hydrogen-bond donors (Lipinski definition) is 0. The second-order valence-corrected chi connectivity index (χ2v) is 3.91. The van der Waals surface area contributed by atoms with E-state index < -0.39 is 11.7 Å². The normalized spacial score (nSPS) is 12.5. The van der Waals surface area contributed by atoms with E-state index in [9.17, 15) is 18.4 Å². The van der Waals surface area contributed by atoms with Crippen molar-refractivity contribution in [3.05, 3.63) is 70.9 Å². The molecule has 0 aliphatic heterocycles. The van der Waals surface area contributed by atoms with Gasteiger partial charge in [0.2, 0.25) is 5.69 Å². The molecule has 0 saturated carbocycles. The molecule has 98 valence electrons. The van der Waals surface area contributed by atoms with E-state index in [-0.39, 0.29) is 5.56 Å². The van der Waals surface area contributed by atoms with E-state index in [0.29, 0.717) is 10.4 Å². The number of rotatable bonds is 2. The molecule has 2 rings (SSSR count). The summed E-state index contributed by atoms with van der Waals surface area (Å²) in [7, 11) is 0. The average Bonchev–Trinajstić information content (AvgIpc) is 2.39. The number of nitrogens with zero attached hydrogens (tertiary/aromatic N) is 1. The molecule has 0 aromatic heterocycles. The van der Waals surface area contributed by atoms with Crippen LogP contribution in [0.5, 0.6) is 0 Å². The van der Waals surface area contributed by atoms with Crippen LogP contribution in [-0.4, -0.2) is 11.0 Å². The number of hydrogen-bond acceptors (Lipinski definition) is 1. The van der Waals surface area contributed by atoms with Crippen LogP contribution in [0.4, 0.5) is 18.9 Å². The molecule has 0 aliphatic carbocycles. The van der Waals surface area contributed by atoms with E-state index in [1.165, 1.54) is 12.1 Å². The van der Waals surface area contributed by atoms with Crippen molar-refractivity contribution >= 4 is 11.9 Å². The first-order chi connectivity index (χ1) is 8.97. The highest BCUT2D eigenvalue weighted by molar-refractivity contribution is 5.77. The lowest BCUT2D eigenvalue weighted by Crippen LogP contribution is -2.06. The van der Waals surface area contributed by atoms with Gasteiger partial charge in [0.25, 0.3) is 0 Å². The summed E-state index contributed by atoms with van der Waals surface area (Å²) in [5.74, 6) is 0. The maximum Gasteiger partial charge on any atom is 0.416 e. The summed E-state index contributed by atoms with van der Waals surface area (Å²) >= 11 is 0. The average molecular weight is 265 g/mol. The molecule has 0 bridgehead atoms. The van der Waals surface area contributed by atoms with Crippen LogP contribution < -0.4 is 0 Å². The maximum atomic E-state index is 12.5. The Morgan fingerprint density at radius 3 is 2.26 bits per heavy atom. The molecule has 0 fully saturated rings. The number of halogens is 3. The predicted molar refractivity (Wildman–Crippen MR) is 66.3 cm³/mol. The van der Waals surface area contributed by atoms with Crippen molar-refractivity contribution in [3.8, 4) is 0 Å². The van der Waals surface area contributed by atoms with Crippen molar-refractivity contribution in [1.29, 1.82) is 0 Å². The molecule has 0 amide bonds. The topological polar surface area (TPSA) is 26.1 Å². The zero-order chi connectivity index (χ0) is 13.9. The quantitative estimate of drug-likeness (QED) is 0.349. The Bertz CT molecular complexity index is 591. The molecule has 19 heavy (non-hydrogen) atoms. The van der Waals surface area contributed by atoms with Crippen molar-refractivity contribution in [2.45, 2.75) is 6.18 Å². The van der Waals surface area contributed by atoms with Crippen LogP contribution in [0.1, 0.15) is 11.1 Å². The molecule has 0 heterocycles. The van der Waals surface area contributed by atoms with Gasteiger partial charge < -0.3 is 5.21 Å². The summed E-state index contributed by atoms with van der Waals surface area (Å²) in [6.07, 6.45) is -3.30. The molecule has 0 radical (unpaired) electrons. The maximum absolute atomic E-state index is 12.5. The van der Waals surface area contributed by atoms with Crippen LogP contribution in [0.2, 0.25) is 0 Å². The molecule has 0 unspecified atom stereocenters. The van der Waals surface area contributed by atoms with Crippen LogP contribution in [0.25, 0.3) is 0 Å². The first kappa shape index (κ1) is 13.1. The zero-order valence-corrected chi connectivity index (χ0v) is 9.76. The van der Waals surface area contributed by atoms with E-state index in [0.717, 1.165) is 18.3 Å². The van der Waals surface area contributed by atoms with Gasteiger partial charge in [0.15, 0.2) is 6.21 Å². The Hall–Kier alpha value is -2.30. The predicted octanol–water partition coefficient (Wildman–Crippen LogP) is 3.97. The molecular formula is C14H10F3NO. The third kappa shape index (κ3) is 3.34. The van der Waals surface area contributed by atoms with E-state index in [4.69, 9.17) is 0 Å². The van der Waals surface area contributed by atoms with Crippen LogP contribution in [0.15, 0.2) is 54.6 Å². The van der Waals surface area contributed by atoms with Gasteiger partial charge in [-0.3, -0.25) is 0 Å². The highest BCUT2D eigenvalue weighted by atomic mass is 19.4. The number of alkyl halides is 3. The first-order valence-corrected chi connectivity index (χ1v) is 5.50. The van der Waals surface area contributed by atoms with Gasteiger partial charge in [-0.25, -0.2) is 0 Å². The van der Waals surface area contributed by atoms with Crippen LogP contribution >= 0.6 is 0 Å². The van der Waals surface area contributed by atoms with Gasteiger partial charge in [-0.2, -0.15) is 17.9 Å². The second kappa shape index (κ2) is 5.14. The summed E-state index contributed by atoms with van der Waals surface area (Å²) < 4.78 is 38.1. The molecule has 0 saturated heterocycles. The van der Waals surface area contributed by atoms with Gasteiger partial charge in [0.05, 0.1) is 5.56 Å². The SMILES string of the molecule is [O-]/[N+](=C\c1cccc(C(F)(F)F)c1)c1ccccc1. The smallest absolute Gasteiger partial charge is 0.416 e. The molecule has 0 atom stereocenters. The minimum atomic E-state index is -4.41. The molecule has 0 N–H and O–H groups in total. The molecule has 2 nitrogen and oxygen atoms in total. The Kier molecular flexibility index (Phi) is 3.55. The lowest BCUT2D eigenvalue weighted by molar-refractivity contribution is -0.354. The summed E-state index contributed by atoms with van der Waals surface area (Å²) in [5.41, 5.74) is -0.212. The Morgan fingerprint density at radius 2 is 1.63 bits per heavy atom. The minimum Gasteiger partial charge on any atom is -0.618 e. The van der Waals surface area contributed by atoms with E-state index in [2.05, 4.69) is 0 Å². The summed E-state index contributed by atoms with van der Waals surface area (Å²) in [5, 5.41) is 11.8. The molecular weight excluding hydrogens is 255 g/mol. The van der Waals surface area contributed by atoms with Gasteiger partial charge in [0.1, 0.15) is 0 Å². The van der Waals surface area contributed by atoms with Gasteiger partial charge >= 0.3 is 6.18 Å².